The van der Waals surface area contributed by atoms with E-state index < -0.39 is 0 Å². The molecule has 104 valence electrons. The highest BCUT2D eigenvalue weighted by Gasteiger charge is 2.35. The van der Waals surface area contributed by atoms with Crippen molar-refractivity contribution in [3.05, 3.63) is 35.4 Å². The van der Waals surface area contributed by atoms with Crippen molar-refractivity contribution >= 4 is 15.9 Å². The Hall–Kier alpha value is -0.380. The Labute approximate surface area is 124 Å². The lowest BCUT2D eigenvalue weighted by atomic mass is 9.77. The molecule has 2 unspecified atom stereocenters. The van der Waals surface area contributed by atoms with Crippen LogP contribution in [0.3, 0.4) is 0 Å². The van der Waals surface area contributed by atoms with Crippen LogP contribution in [0.15, 0.2) is 24.3 Å². The molecule has 2 nitrogen and oxygen atoms in total. The Morgan fingerprint density at radius 2 is 2.16 bits per heavy atom. The molecule has 0 saturated carbocycles. The average molecular weight is 324 g/mol. The first-order chi connectivity index (χ1) is 9.07. The van der Waals surface area contributed by atoms with Gasteiger partial charge in [-0.3, -0.25) is 4.90 Å². The van der Waals surface area contributed by atoms with Gasteiger partial charge in [0, 0.05) is 30.9 Å². The maximum absolute atomic E-state index is 6.07. The van der Waals surface area contributed by atoms with E-state index in [9.17, 15) is 0 Å². The predicted molar refractivity (Wildman–Crippen MR) is 82.1 cm³/mol. The van der Waals surface area contributed by atoms with E-state index in [1.54, 1.807) is 5.56 Å². The van der Waals surface area contributed by atoms with Crippen LogP contribution >= 0.6 is 15.9 Å². The van der Waals surface area contributed by atoms with Gasteiger partial charge in [-0.15, -0.1) is 0 Å². The zero-order chi connectivity index (χ0) is 13.5. The molecular weight excluding hydrogens is 302 g/mol. The Kier molecular flexibility index (Phi) is 3.71. The largest absolute Gasteiger partial charge is 0.369 e. The van der Waals surface area contributed by atoms with Crippen LogP contribution in [0.4, 0.5) is 0 Å². The van der Waals surface area contributed by atoms with Gasteiger partial charge < -0.3 is 4.74 Å². The van der Waals surface area contributed by atoms with Gasteiger partial charge in [0.15, 0.2) is 0 Å². The smallest absolute Gasteiger partial charge is 0.0806 e. The van der Waals surface area contributed by atoms with Gasteiger partial charge in [-0.05, 0) is 31.4 Å². The van der Waals surface area contributed by atoms with Gasteiger partial charge in [0.1, 0.15) is 0 Å². The van der Waals surface area contributed by atoms with Crippen LogP contribution in [0.25, 0.3) is 0 Å². The van der Waals surface area contributed by atoms with Gasteiger partial charge >= 0.3 is 0 Å². The number of nitrogens with zero attached hydrogens (tertiary/aromatic N) is 1. The third-order valence-electron chi connectivity index (χ3n) is 4.16. The molecule has 3 rings (SSSR count). The van der Waals surface area contributed by atoms with Gasteiger partial charge in [0.05, 0.1) is 11.7 Å². The van der Waals surface area contributed by atoms with Crippen molar-refractivity contribution in [2.45, 2.75) is 37.9 Å². The summed E-state index contributed by atoms with van der Waals surface area (Å²) in [7, 11) is 0. The molecule has 2 aliphatic rings. The van der Waals surface area contributed by atoms with Crippen molar-refractivity contribution in [1.82, 2.24) is 4.90 Å². The zero-order valence-corrected chi connectivity index (χ0v) is 13.3. The molecule has 0 radical (unpaired) electrons. The number of hydrogen-bond acceptors (Lipinski definition) is 2. The van der Waals surface area contributed by atoms with Crippen LogP contribution in [-0.2, 0) is 11.2 Å². The Bertz CT molecular complexity index is 460. The molecule has 0 spiro atoms. The van der Waals surface area contributed by atoms with E-state index in [-0.39, 0.29) is 5.60 Å². The Balaban J connectivity index is 1.65. The zero-order valence-electron chi connectivity index (χ0n) is 11.7. The van der Waals surface area contributed by atoms with E-state index in [0.717, 1.165) is 24.3 Å². The highest BCUT2D eigenvalue weighted by Crippen LogP contribution is 2.36. The summed E-state index contributed by atoms with van der Waals surface area (Å²) < 4.78 is 6.07. The molecular formula is C16H22BrNO. The molecule has 3 heteroatoms. The van der Waals surface area contributed by atoms with E-state index >= 15 is 0 Å². The van der Waals surface area contributed by atoms with E-state index in [1.807, 2.05) is 0 Å². The number of hydrogen-bond donors (Lipinski definition) is 0. The van der Waals surface area contributed by atoms with Gasteiger partial charge in [0.2, 0.25) is 0 Å². The Morgan fingerprint density at radius 3 is 2.89 bits per heavy atom. The molecule has 1 saturated heterocycles. The highest BCUT2D eigenvalue weighted by atomic mass is 79.9. The lowest BCUT2D eigenvalue weighted by Gasteiger charge is -2.45. The summed E-state index contributed by atoms with van der Waals surface area (Å²) in [6, 6.07) is 8.86. The number of morpholine rings is 1. The van der Waals surface area contributed by atoms with Gasteiger partial charge in [-0.1, -0.05) is 40.2 Å². The third kappa shape index (κ3) is 2.88. The van der Waals surface area contributed by atoms with Crippen molar-refractivity contribution in [2.75, 3.05) is 25.0 Å². The van der Waals surface area contributed by atoms with Crippen molar-refractivity contribution in [2.24, 2.45) is 0 Å². The van der Waals surface area contributed by atoms with Gasteiger partial charge in [-0.2, -0.15) is 0 Å². The number of benzene rings is 1. The molecule has 1 aliphatic heterocycles. The standard InChI is InChI=1S/C16H22BrNO/c1-16(2)11-18(10-14(8-17)19-16)9-13-7-12-5-3-4-6-15(12)13/h3-6,13-14H,7-11H2,1-2H3. The maximum Gasteiger partial charge on any atom is 0.0806 e. The summed E-state index contributed by atoms with van der Waals surface area (Å²) in [5, 5.41) is 0.925. The fourth-order valence-electron chi connectivity index (χ4n) is 3.47. The molecule has 1 aromatic carbocycles. The molecule has 0 bridgehead atoms. The van der Waals surface area contributed by atoms with Crippen LogP contribution in [-0.4, -0.2) is 41.6 Å². The summed E-state index contributed by atoms with van der Waals surface area (Å²) in [5.41, 5.74) is 3.07. The highest BCUT2D eigenvalue weighted by molar-refractivity contribution is 9.09. The monoisotopic (exact) mass is 323 g/mol. The van der Waals surface area contributed by atoms with Gasteiger partial charge in [0.25, 0.3) is 0 Å². The minimum atomic E-state index is -0.0278. The normalized spacial score (nSPS) is 29.6. The molecule has 2 atom stereocenters. The fraction of sp³-hybridized carbons (Fsp3) is 0.625. The number of fused-ring (bicyclic) bond motifs is 1. The fourth-order valence-corrected chi connectivity index (χ4v) is 3.81. The molecule has 1 fully saturated rings. The quantitative estimate of drug-likeness (QED) is 0.792. The summed E-state index contributed by atoms with van der Waals surface area (Å²) in [4.78, 5) is 2.58. The first-order valence-corrected chi connectivity index (χ1v) is 8.23. The summed E-state index contributed by atoms with van der Waals surface area (Å²) in [6.45, 7) is 7.66. The number of alkyl halides is 1. The molecule has 0 aromatic heterocycles. The number of halogens is 1. The van der Waals surface area contributed by atoms with Gasteiger partial charge in [-0.25, -0.2) is 0 Å². The topological polar surface area (TPSA) is 12.5 Å². The third-order valence-corrected chi connectivity index (χ3v) is 4.89. The molecule has 1 heterocycles. The SMILES string of the molecule is CC1(C)CN(CC2Cc3ccccc32)CC(CBr)O1. The van der Waals surface area contributed by atoms with Crippen LogP contribution in [0.5, 0.6) is 0 Å². The van der Waals surface area contributed by atoms with Crippen LogP contribution in [0.2, 0.25) is 0 Å². The van der Waals surface area contributed by atoms with E-state index in [4.69, 9.17) is 4.74 Å². The summed E-state index contributed by atoms with van der Waals surface area (Å²) in [6.07, 6.45) is 1.56. The average Bonchev–Trinajstić information content (AvgIpc) is 2.34. The molecule has 1 aliphatic carbocycles. The van der Waals surface area contributed by atoms with Crippen LogP contribution < -0.4 is 0 Å². The Morgan fingerprint density at radius 1 is 1.37 bits per heavy atom. The first-order valence-electron chi connectivity index (χ1n) is 7.11. The second-order valence-electron chi connectivity index (χ2n) is 6.45. The van der Waals surface area contributed by atoms with Crippen molar-refractivity contribution < 1.29 is 4.74 Å². The molecule has 1 aromatic rings. The van der Waals surface area contributed by atoms with E-state index in [1.165, 1.54) is 18.5 Å². The number of ether oxygens (including phenoxy) is 1. The minimum Gasteiger partial charge on any atom is -0.369 e. The van der Waals surface area contributed by atoms with E-state index in [0.29, 0.717) is 6.10 Å². The maximum atomic E-state index is 6.07. The predicted octanol–water partition coefficient (Wildman–Crippen LogP) is 3.20. The van der Waals surface area contributed by atoms with E-state index in [2.05, 4.69) is 58.9 Å². The molecule has 0 amide bonds. The van der Waals surface area contributed by atoms with Crippen molar-refractivity contribution in [3.63, 3.8) is 0 Å². The second kappa shape index (κ2) is 5.19. The lowest BCUT2D eigenvalue weighted by Crippen LogP contribution is -2.54. The molecule has 0 N–H and O–H groups in total. The lowest BCUT2D eigenvalue weighted by molar-refractivity contribution is -0.127. The van der Waals surface area contributed by atoms with Crippen molar-refractivity contribution in [1.29, 1.82) is 0 Å². The second-order valence-corrected chi connectivity index (χ2v) is 7.10. The number of rotatable bonds is 3. The minimum absolute atomic E-state index is 0.0278. The molecule has 19 heavy (non-hydrogen) atoms. The van der Waals surface area contributed by atoms with Crippen LogP contribution in [0, 0.1) is 0 Å². The summed E-state index contributed by atoms with van der Waals surface area (Å²) >= 11 is 3.56. The first kappa shape index (κ1) is 13.6. The summed E-state index contributed by atoms with van der Waals surface area (Å²) in [5.74, 6) is 0.723. The van der Waals surface area contributed by atoms with Crippen LogP contribution in [0.1, 0.15) is 30.9 Å². The van der Waals surface area contributed by atoms with Crippen molar-refractivity contribution in [3.8, 4) is 0 Å².